The predicted molar refractivity (Wildman–Crippen MR) is 139 cm³/mol. The Balaban J connectivity index is 1.08. The third kappa shape index (κ3) is 5.84. The molecule has 3 aromatic rings. The van der Waals surface area contributed by atoms with E-state index in [0.29, 0.717) is 13.1 Å². The molecule has 3 aromatic carbocycles. The Bertz CT molecular complexity index is 1110. The maximum atomic E-state index is 13.1. The zero-order valence-corrected chi connectivity index (χ0v) is 20.0. The monoisotopic (exact) mass is 471 g/mol. The molecule has 1 unspecified atom stereocenters. The Morgan fingerprint density at radius 2 is 1.66 bits per heavy atom. The van der Waals surface area contributed by atoms with Gasteiger partial charge < -0.3 is 20.1 Å². The van der Waals surface area contributed by atoms with E-state index in [9.17, 15) is 9.90 Å². The molecule has 0 saturated carbocycles. The van der Waals surface area contributed by atoms with Crippen molar-refractivity contribution in [3.05, 3.63) is 84.4 Å². The summed E-state index contributed by atoms with van der Waals surface area (Å²) in [5.41, 5.74) is 4.63. The van der Waals surface area contributed by atoms with Crippen LogP contribution in [0.25, 0.3) is 11.1 Å². The van der Waals surface area contributed by atoms with Crippen LogP contribution in [0.5, 0.6) is 5.75 Å². The molecule has 0 aromatic heterocycles. The van der Waals surface area contributed by atoms with E-state index in [2.05, 4.69) is 40.5 Å². The Morgan fingerprint density at radius 1 is 0.943 bits per heavy atom. The molecular formula is C29H33N3O3. The number of benzene rings is 3. The highest BCUT2D eigenvalue weighted by molar-refractivity contribution is 5.95. The number of aliphatic hydroxyl groups excluding tert-OH is 1. The number of likely N-dealkylation sites (tertiary alicyclic amines) is 1. The number of β-amino-alcohol motifs (C(OH)–C–C–N with tert-alkyl or cyclic N) is 1. The van der Waals surface area contributed by atoms with Gasteiger partial charge in [0.15, 0.2) is 0 Å². The van der Waals surface area contributed by atoms with Crippen LogP contribution in [-0.2, 0) is 6.42 Å². The van der Waals surface area contributed by atoms with E-state index in [0.717, 1.165) is 43.8 Å². The number of carbonyl (C=O) groups excluding carboxylic acids is 1. The average molecular weight is 472 g/mol. The Morgan fingerprint density at radius 3 is 2.40 bits per heavy atom. The first kappa shape index (κ1) is 23.4. The van der Waals surface area contributed by atoms with Crippen molar-refractivity contribution >= 4 is 11.7 Å². The van der Waals surface area contributed by atoms with Gasteiger partial charge in [0.25, 0.3) is 0 Å². The number of anilines is 1. The lowest BCUT2D eigenvalue weighted by molar-refractivity contribution is 0.0584. The van der Waals surface area contributed by atoms with Gasteiger partial charge in [0.2, 0.25) is 0 Å². The van der Waals surface area contributed by atoms with Gasteiger partial charge in [0, 0.05) is 37.9 Å². The van der Waals surface area contributed by atoms with E-state index >= 15 is 0 Å². The quantitative estimate of drug-likeness (QED) is 0.538. The second-order valence-electron chi connectivity index (χ2n) is 9.41. The Kier molecular flexibility index (Phi) is 7.31. The summed E-state index contributed by atoms with van der Waals surface area (Å²) >= 11 is 0. The van der Waals surface area contributed by atoms with E-state index < -0.39 is 6.10 Å². The number of fused-ring (bicyclic) bond motifs is 1. The van der Waals surface area contributed by atoms with Crippen LogP contribution in [0.1, 0.15) is 18.4 Å². The van der Waals surface area contributed by atoms with Gasteiger partial charge in [-0.1, -0.05) is 54.6 Å². The standard InChI is InChI=1S/C29H33N3O3/c33-26(21-35-27-9-5-2-6-10-27)20-31-16-14-25(15-17-31)30-29(34)32-18-13-24-19-23(11-12-28(24)32)22-7-3-1-4-8-22/h1-12,19,25-26,33H,13-18,20-21H2,(H,30,34). The summed E-state index contributed by atoms with van der Waals surface area (Å²) in [5, 5.41) is 13.6. The van der Waals surface area contributed by atoms with Crippen LogP contribution < -0.4 is 15.0 Å². The SMILES string of the molecule is O=C(NC1CCN(CC(O)COc2ccccc2)CC1)N1CCc2cc(-c3ccccc3)ccc21. The molecule has 2 heterocycles. The molecule has 2 amide bonds. The fourth-order valence-corrected chi connectivity index (χ4v) is 5.00. The predicted octanol–water partition coefficient (Wildman–Crippen LogP) is 4.33. The van der Waals surface area contributed by atoms with Crippen LogP contribution in [0.4, 0.5) is 10.5 Å². The molecular weight excluding hydrogens is 438 g/mol. The van der Waals surface area contributed by atoms with Gasteiger partial charge in [0.05, 0.1) is 0 Å². The topological polar surface area (TPSA) is 65.0 Å². The minimum absolute atomic E-state index is 0.00837. The number of para-hydroxylation sites is 1. The van der Waals surface area contributed by atoms with Gasteiger partial charge in [-0.2, -0.15) is 0 Å². The minimum atomic E-state index is -0.539. The second kappa shape index (κ2) is 10.9. The van der Waals surface area contributed by atoms with Crippen LogP contribution >= 0.6 is 0 Å². The maximum Gasteiger partial charge on any atom is 0.322 e. The lowest BCUT2D eigenvalue weighted by Gasteiger charge is -2.34. The Labute approximate surface area is 207 Å². The molecule has 0 radical (unpaired) electrons. The highest BCUT2D eigenvalue weighted by atomic mass is 16.5. The number of nitrogens with zero attached hydrogens (tertiary/aromatic N) is 2. The van der Waals surface area contributed by atoms with Gasteiger partial charge in [0.1, 0.15) is 18.5 Å². The number of nitrogens with one attached hydrogen (secondary N) is 1. The number of piperidine rings is 1. The summed E-state index contributed by atoms with van der Waals surface area (Å²) in [7, 11) is 0. The first-order valence-corrected chi connectivity index (χ1v) is 12.5. The van der Waals surface area contributed by atoms with Gasteiger partial charge in [-0.25, -0.2) is 4.79 Å². The smallest absolute Gasteiger partial charge is 0.322 e. The molecule has 1 fully saturated rings. The summed E-state index contributed by atoms with van der Waals surface area (Å²) in [6, 6.07) is 26.4. The molecule has 2 N–H and O–H groups in total. The van der Waals surface area contributed by atoms with E-state index in [4.69, 9.17) is 4.74 Å². The lowest BCUT2D eigenvalue weighted by atomic mass is 10.0. The van der Waals surface area contributed by atoms with E-state index in [1.165, 1.54) is 16.7 Å². The van der Waals surface area contributed by atoms with Crippen LogP contribution in [0.3, 0.4) is 0 Å². The molecule has 2 aliphatic rings. The van der Waals surface area contributed by atoms with Crippen molar-refractivity contribution in [2.24, 2.45) is 0 Å². The second-order valence-corrected chi connectivity index (χ2v) is 9.41. The third-order valence-electron chi connectivity index (χ3n) is 6.90. The van der Waals surface area contributed by atoms with Gasteiger partial charge in [-0.3, -0.25) is 4.90 Å². The molecule has 6 nitrogen and oxygen atoms in total. The first-order valence-electron chi connectivity index (χ1n) is 12.5. The number of aliphatic hydroxyl groups is 1. The maximum absolute atomic E-state index is 13.1. The largest absolute Gasteiger partial charge is 0.491 e. The average Bonchev–Trinajstić information content (AvgIpc) is 3.33. The van der Waals surface area contributed by atoms with Crippen molar-refractivity contribution < 1.29 is 14.6 Å². The normalized spacial score (nSPS) is 17.1. The molecule has 0 bridgehead atoms. The number of urea groups is 1. The van der Waals surface area contributed by atoms with Crippen molar-refractivity contribution in [2.75, 3.05) is 37.7 Å². The summed E-state index contributed by atoms with van der Waals surface area (Å²) in [4.78, 5) is 17.2. The number of rotatable bonds is 7. The van der Waals surface area contributed by atoms with Gasteiger partial charge >= 0.3 is 6.03 Å². The molecule has 2 aliphatic heterocycles. The number of hydrogen-bond donors (Lipinski definition) is 2. The molecule has 1 atom stereocenters. The van der Waals surface area contributed by atoms with Crippen molar-refractivity contribution in [1.29, 1.82) is 0 Å². The Hall–Kier alpha value is -3.35. The third-order valence-corrected chi connectivity index (χ3v) is 6.90. The zero-order chi connectivity index (χ0) is 24.0. The number of hydrogen-bond acceptors (Lipinski definition) is 4. The van der Waals surface area contributed by atoms with E-state index in [-0.39, 0.29) is 18.7 Å². The molecule has 0 spiro atoms. The first-order chi connectivity index (χ1) is 17.2. The van der Waals surface area contributed by atoms with Crippen LogP contribution in [-0.4, -0.2) is 61.0 Å². The zero-order valence-electron chi connectivity index (χ0n) is 20.0. The lowest BCUT2D eigenvalue weighted by Crippen LogP contribution is -2.50. The highest BCUT2D eigenvalue weighted by Gasteiger charge is 2.28. The van der Waals surface area contributed by atoms with E-state index in [1.54, 1.807) is 0 Å². The molecule has 5 rings (SSSR count). The number of ether oxygens (including phenoxy) is 1. The van der Waals surface area contributed by atoms with Crippen molar-refractivity contribution in [2.45, 2.75) is 31.4 Å². The fraction of sp³-hybridized carbons (Fsp3) is 0.345. The number of amides is 2. The van der Waals surface area contributed by atoms with Gasteiger partial charge in [-0.05, 0) is 60.2 Å². The summed E-state index contributed by atoms with van der Waals surface area (Å²) in [6.45, 7) is 3.28. The van der Waals surface area contributed by atoms with Crippen LogP contribution in [0.2, 0.25) is 0 Å². The summed E-state index contributed by atoms with van der Waals surface area (Å²) in [5.74, 6) is 0.771. The van der Waals surface area contributed by atoms with Crippen LogP contribution in [0, 0.1) is 0 Å². The van der Waals surface area contributed by atoms with Crippen LogP contribution in [0.15, 0.2) is 78.9 Å². The van der Waals surface area contributed by atoms with Gasteiger partial charge in [-0.15, -0.1) is 0 Å². The molecule has 35 heavy (non-hydrogen) atoms. The minimum Gasteiger partial charge on any atom is -0.491 e. The van der Waals surface area contributed by atoms with E-state index in [1.807, 2.05) is 53.4 Å². The summed E-state index contributed by atoms with van der Waals surface area (Å²) in [6.07, 6.45) is 2.10. The van der Waals surface area contributed by atoms with Crippen molar-refractivity contribution in [3.63, 3.8) is 0 Å². The molecule has 182 valence electrons. The summed E-state index contributed by atoms with van der Waals surface area (Å²) < 4.78 is 5.66. The van der Waals surface area contributed by atoms with Crippen molar-refractivity contribution in [1.82, 2.24) is 10.2 Å². The number of carbonyl (C=O) groups is 1. The fourth-order valence-electron chi connectivity index (χ4n) is 5.00. The molecule has 1 saturated heterocycles. The highest BCUT2D eigenvalue weighted by Crippen LogP contribution is 2.32. The molecule has 0 aliphatic carbocycles. The van der Waals surface area contributed by atoms with Crippen molar-refractivity contribution in [3.8, 4) is 16.9 Å². The molecule has 6 heteroatoms.